The highest BCUT2D eigenvalue weighted by molar-refractivity contribution is 5.68. The van der Waals surface area contributed by atoms with Crippen LogP contribution in [-0.4, -0.2) is 85.8 Å². The van der Waals surface area contributed by atoms with Crippen LogP contribution in [-0.2, 0) is 47.7 Å². The van der Waals surface area contributed by atoms with Gasteiger partial charge in [0.2, 0.25) is 0 Å². The number of carbonyl (C=O) groups excluding carboxylic acids is 4. The summed E-state index contributed by atoms with van der Waals surface area (Å²) in [5, 5.41) is 1.57. The van der Waals surface area contributed by atoms with Gasteiger partial charge in [-0.2, -0.15) is 5.06 Å². The van der Waals surface area contributed by atoms with E-state index in [2.05, 4.69) is 0 Å². The second kappa shape index (κ2) is 9.99. The molecule has 0 radical (unpaired) electrons. The van der Waals surface area contributed by atoms with Gasteiger partial charge in [-0.15, -0.1) is 0 Å². The molecule has 2 aliphatic rings. The highest BCUT2D eigenvalue weighted by Crippen LogP contribution is 2.33. The molecule has 2 aliphatic heterocycles. The van der Waals surface area contributed by atoms with E-state index >= 15 is 0 Å². The van der Waals surface area contributed by atoms with Crippen molar-refractivity contribution in [2.24, 2.45) is 0 Å². The lowest BCUT2D eigenvalue weighted by Crippen LogP contribution is -2.57. The minimum absolute atomic E-state index is 0.140. The number of hydroxylamine groups is 2. The Balaban J connectivity index is 2.38. The molecule has 6 atom stereocenters. The first kappa shape index (κ1) is 23.0. The third-order valence-electron chi connectivity index (χ3n) is 4.53. The van der Waals surface area contributed by atoms with E-state index in [-0.39, 0.29) is 25.4 Å². The number of ether oxygens (including phenoxy) is 5. The van der Waals surface area contributed by atoms with Gasteiger partial charge in [0.1, 0.15) is 24.9 Å². The number of esters is 4. The number of carbonyl (C=O) groups is 4. The predicted molar refractivity (Wildman–Crippen MR) is 94.1 cm³/mol. The van der Waals surface area contributed by atoms with E-state index in [1.807, 2.05) is 0 Å². The molecule has 0 aromatic carbocycles. The van der Waals surface area contributed by atoms with Gasteiger partial charge in [0, 0.05) is 34.7 Å². The van der Waals surface area contributed by atoms with Gasteiger partial charge in [-0.3, -0.25) is 24.0 Å². The van der Waals surface area contributed by atoms with E-state index in [0.717, 1.165) is 0 Å². The Hall–Kier alpha value is -2.24. The number of rotatable bonds is 7. The highest BCUT2D eigenvalue weighted by atomic mass is 16.7. The average Bonchev–Trinajstić information content (AvgIpc) is 2.86. The van der Waals surface area contributed by atoms with Gasteiger partial charge >= 0.3 is 23.9 Å². The van der Waals surface area contributed by atoms with Crippen LogP contribution in [0.3, 0.4) is 0 Å². The fourth-order valence-corrected chi connectivity index (χ4v) is 3.52. The Morgan fingerprint density at radius 2 is 1.66 bits per heavy atom. The summed E-state index contributed by atoms with van der Waals surface area (Å²) in [5.74, 6) is -2.50. The normalized spacial score (nSPS) is 28.6. The standard InChI is InChI=1S/C18H27NO10/c1-9(20)24-8-15(26-10(2)21)17(28-12(4)23)18-16(27-11(3)22)14-6-13(7-25-18)29-19(14)5/h13-18H,6-8H2,1-5H3/t13-,14+,15+,16-,17+,18+/m0/s1. The third kappa shape index (κ3) is 6.38. The number of hydrogen-bond acceptors (Lipinski definition) is 11. The summed E-state index contributed by atoms with van der Waals surface area (Å²) in [7, 11) is 1.70. The molecule has 2 bridgehead atoms. The Labute approximate surface area is 168 Å². The maximum Gasteiger partial charge on any atom is 0.303 e. The van der Waals surface area contributed by atoms with Crippen molar-refractivity contribution >= 4 is 23.9 Å². The molecule has 0 amide bonds. The van der Waals surface area contributed by atoms with Gasteiger partial charge in [-0.05, 0) is 6.42 Å². The first-order chi connectivity index (χ1) is 13.6. The van der Waals surface area contributed by atoms with Crippen molar-refractivity contribution in [1.82, 2.24) is 5.06 Å². The van der Waals surface area contributed by atoms with Crippen molar-refractivity contribution in [3.05, 3.63) is 0 Å². The SMILES string of the molecule is CC(=O)OC[C@@H](OC(C)=O)[C@@H](OC(C)=O)[C@@H]1OC[C@@H]2C[C@H]([C@@H]1OC(C)=O)N(C)O2. The van der Waals surface area contributed by atoms with Crippen molar-refractivity contribution in [3.8, 4) is 0 Å². The van der Waals surface area contributed by atoms with Crippen molar-refractivity contribution in [1.29, 1.82) is 0 Å². The van der Waals surface area contributed by atoms with Crippen LogP contribution in [0.15, 0.2) is 0 Å². The molecule has 0 saturated carbocycles. The lowest BCUT2D eigenvalue weighted by Gasteiger charge is -2.38. The maximum absolute atomic E-state index is 11.8. The third-order valence-corrected chi connectivity index (χ3v) is 4.53. The smallest absolute Gasteiger partial charge is 0.303 e. The minimum atomic E-state index is -1.19. The highest BCUT2D eigenvalue weighted by Gasteiger charge is 2.51. The molecule has 2 fully saturated rings. The maximum atomic E-state index is 11.8. The lowest BCUT2D eigenvalue weighted by atomic mass is 9.95. The van der Waals surface area contributed by atoms with E-state index in [1.165, 1.54) is 27.7 Å². The van der Waals surface area contributed by atoms with Crippen LogP contribution in [0.1, 0.15) is 34.1 Å². The fourth-order valence-electron chi connectivity index (χ4n) is 3.52. The molecule has 2 rings (SSSR count). The van der Waals surface area contributed by atoms with E-state index in [0.29, 0.717) is 6.42 Å². The average molecular weight is 417 g/mol. The van der Waals surface area contributed by atoms with E-state index < -0.39 is 48.3 Å². The van der Waals surface area contributed by atoms with E-state index in [4.69, 9.17) is 28.5 Å². The topological polar surface area (TPSA) is 127 Å². The van der Waals surface area contributed by atoms with Crippen LogP contribution in [0.2, 0.25) is 0 Å². The molecule has 11 heteroatoms. The first-order valence-electron chi connectivity index (χ1n) is 9.24. The number of likely N-dealkylation sites (N-methyl/N-ethyl adjacent to an activating group) is 1. The summed E-state index contributed by atoms with van der Waals surface area (Å²) >= 11 is 0. The summed E-state index contributed by atoms with van der Waals surface area (Å²) < 4.78 is 27.1. The molecule has 0 aromatic heterocycles. The number of nitrogens with zero attached hydrogens (tertiary/aromatic N) is 1. The largest absolute Gasteiger partial charge is 0.462 e. The molecule has 11 nitrogen and oxygen atoms in total. The monoisotopic (exact) mass is 417 g/mol. The second-order valence-electron chi connectivity index (χ2n) is 6.97. The molecular weight excluding hydrogens is 390 g/mol. The van der Waals surface area contributed by atoms with Crippen LogP contribution in [0, 0.1) is 0 Å². The van der Waals surface area contributed by atoms with Gasteiger partial charge in [0.15, 0.2) is 12.2 Å². The van der Waals surface area contributed by atoms with E-state index in [1.54, 1.807) is 12.1 Å². The molecule has 0 N–H and O–H groups in total. The van der Waals surface area contributed by atoms with Gasteiger partial charge in [-0.1, -0.05) is 0 Å². The minimum Gasteiger partial charge on any atom is -0.462 e. The lowest BCUT2D eigenvalue weighted by molar-refractivity contribution is -0.240. The second-order valence-corrected chi connectivity index (χ2v) is 6.97. The summed E-state index contributed by atoms with van der Waals surface area (Å²) in [6.07, 6.45) is -3.96. The van der Waals surface area contributed by atoms with Crippen molar-refractivity contribution in [2.75, 3.05) is 20.3 Å². The summed E-state index contributed by atoms with van der Waals surface area (Å²) in [5.41, 5.74) is 0. The molecule has 0 spiro atoms. The van der Waals surface area contributed by atoms with E-state index in [9.17, 15) is 19.2 Å². The van der Waals surface area contributed by atoms with Crippen LogP contribution < -0.4 is 0 Å². The van der Waals surface area contributed by atoms with Crippen LogP contribution >= 0.6 is 0 Å². The number of fused-ring (bicyclic) bond motifs is 2. The van der Waals surface area contributed by atoms with Gasteiger partial charge in [0.25, 0.3) is 0 Å². The Bertz CT molecular complexity index is 638. The molecule has 0 aromatic rings. The van der Waals surface area contributed by atoms with Crippen molar-refractivity contribution in [2.45, 2.75) is 70.7 Å². The van der Waals surface area contributed by atoms with Gasteiger partial charge < -0.3 is 23.7 Å². The zero-order valence-corrected chi connectivity index (χ0v) is 17.1. The summed E-state index contributed by atoms with van der Waals surface area (Å²) in [6.45, 7) is 4.58. The van der Waals surface area contributed by atoms with Crippen LogP contribution in [0.25, 0.3) is 0 Å². The van der Waals surface area contributed by atoms with Crippen molar-refractivity contribution in [3.63, 3.8) is 0 Å². The van der Waals surface area contributed by atoms with Gasteiger partial charge in [0.05, 0.1) is 12.6 Å². The Kier molecular flexibility index (Phi) is 7.94. The summed E-state index contributed by atoms with van der Waals surface area (Å²) in [4.78, 5) is 52.1. The molecule has 164 valence electrons. The molecule has 0 unspecified atom stereocenters. The zero-order valence-electron chi connectivity index (χ0n) is 17.1. The fraction of sp³-hybridized carbons (Fsp3) is 0.778. The molecule has 0 aliphatic carbocycles. The van der Waals surface area contributed by atoms with Crippen LogP contribution in [0.5, 0.6) is 0 Å². The van der Waals surface area contributed by atoms with Crippen LogP contribution in [0.4, 0.5) is 0 Å². The summed E-state index contributed by atoms with van der Waals surface area (Å²) in [6, 6.07) is -0.374. The molecule has 2 heterocycles. The molecule has 29 heavy (non-hydrogen) atoms. The zero-order chi connectivity index (χ0) is 21.7. The quantitative estimate of drug-likeness (QED) is 0.402. The Morgan fingerprint density at radius 1 is 1.00 bits per heavy atom. The first-order valence-corrected chi connectivity index (χ1v) is 9.24. The van der Waals surface area contributed by atoms with Crippen molar-refractivity contribution < 1.29 is 47.7 Å². The molecule has 2 saturated heterocycles. The predicted octanol–water partition coefficient (Wildman–Crippen LogP) is -0.252. The van der Waals surface area contributed by atoms with Gasteiger partial charge in [-0.25, -0.2) is 0 Å². The number of hydrogen-bond donors (Lipinski definition) is 0. The Morgan fingerprint density at radius 3 is 2.21 bits per heavy atom. The molecular formula is C18H27NO10.